The van der Waals surface area contributed by atoms with Gasteiger partial charge >= 0.3 is 11.4 Å². The Balaban J connectivity index is 0.000000325. The first-order valence-electron chi connectivity index (χ1n) is 4.93. The molecule has 1 rings (SSSR count). The normalized spacial score (nSPS) is 20.6. The predicted octanol–water partition coefficient (Wildman–Crippen LogP) is 2.05. The van der Waals surface area contributed by atoms with E-state index >= 15 is 0 Å². The number of piperidine rings is 1. The van der Waals surface area contributed by atoms with Gasteiger partial charge in [-0.3, -0.25) is 4.79 Å². The summed E-state index contributed by atoms with van der Waals surface area (Å²) in [5.74, 6) is -1.39. The highest BCUT2D eigenvalue weighted by molar-refractivity contribution is 6.61. The second kappa shape index (κ2) is 8.29. The number of carboxylic acid groups (broad SMARTS) is 1. The zero-order valence-corrected chi connectivity index (χ0v) is 9.74. The number of halogens is 2. The zero-order chi connectivity index (χ0) is 12.6. The molecule has 1 aliphatic heterocycles. The zero-order valence-electron chi connectivity index (χ0n) is 8.99. The molecule has 0 amide bonds. The van der Waals surface area contributed by atoms with Crippen molar-refractivity contribution in [3.8, 4) is 0 Å². The molecule has 1 saturated heterocycles. The van der Waals surface area contributed by atoms with Crippen LogP contribution in [0.5, 0.6) is 0 Å². The van der Waals surface area contributed by atoms with E-state index in [4.69, 9.17) is 16.7 Å². The second-order valence-electron chi connectivity index (χ2n) is 3.22. The van der Waals surface area contributed by atoms with Gasteiger partial charge in [0.25, 0.3) is 0 Å². The lowest BCUT2D eigenvalue weighted by Crippen LogP contribution is -2.33. The summed E-state index contributed by atoms with van der Waals surface area (Å²) in [7, 11) is 0. The third-order valence-electron chi connectivity index (χ3n) is 1.98. The smallest absolute Gasteiger partial charge is 0.403 e. The summed E-state index contributed by atoms with van der Waals surface area (Å²) in [6, 6.07) is 0. The maximum absolute atomic E-state index is 12.4. The van der Waals surface area contributed by atoms with E-state index in [1.54, 1.807) is 6.92 Å². The maximum Gasteiger partial charge on any atom is 0.403 e. The molecule has 1 atom stereocenters. The lowest BCUT2D eigenvalue weighted by Gasteiger charge is -2.22. The summed E-state index contributed by atoms with van der Waals surface area (Å²) >= 11 is 4.72. The minimum Gasteiger partial charge on any atom is -0.481 e. The van der Waals surface area contributed by atoms with Crippen LogP contribution in [0.1, 0.15) is 19.8 Å². The SMILES string of the molecule is CCOC(=O)Cl.O=C(O)C1CCCN(F)C1. The third kappa shape index (κ3) is 7.42. The van der Waals surface area contributed by atoms with Crippen LogP contribution in [0.25, 0.3) is 0 Å². The van der Waals surface area contributed by atoms with E-state index < -0.39 is 17.3 Å². The highest BCUT2D eigenvalue weighted by atomic mass is 35.5. The van der Waals surface area contributed by atoms with E-state index in [0.29, 0.717) is 31.1 Å². The monoisotopic (exact) mass is 255 g/mol. The summed E-state index contributed by atoms with van der Waals surface area (Å²) in [5, 5.41) is 9.03. The van der Waals surface area contributed by atoms with Crippen LogP contribution in [0.4, 0.5) is 9.28 Å². The van der Waals surface area contributed by atoms with Crippen LogP contribution in [0.3, 0.4) is 0 Å². The largest absolute Gasteiger partial charge is 0.481 e. The summed E-state index contributed by atoms with van der Waals surface area (Å²) < 4.78 is 16.5. The van der Waals surface area contributed by atoms with Crippen LogP contribution in [0.2, 0.25) is 0 Å². The standard InChI is InChI=1S/C6H10FNO2.C3H5ClO2/c7-8-3-1-2-5(4-8)6(9)10;1-2-6-3(4)5/h5H,1-4H2,(H,9,10);2H2,1H3. The highest BCUT2D eigenvalue weighted by Crippen LogP contribution is 2.16. The van der Waals surface area contributed by atoms with Gasteiger partial charge in [0.05, 0.1) is 12.5 Å². The van der Waals surface area contributed by atoms with Gasteiger partial charge in [-0.25, -0.2) is 4.79 Å². The molecule has 0 aromatic heterocycles. The van der Waals surface area contributed by atoms with Gasteiger partial charge in [-0.2, -0.15) is 0 Å². The average Bonchev–Trinajstić information content (AvgIpc) is 2.18. The molecule has 1 unspecified atom stereocenters. The number of hydrogen-bond donors (Lipinski definition) is 1. The van der Waals surface area contributed by atoms with E-state index in [1.165, 1.54) is 0 Å². The Kier molecular flexibility index (Phi) is 7.84. The molecule has 1 heterocycles. The van der Waals surface area contributed by atoms with Crippen LogP contribution < -0.4 is 0 Å². The Hall–Kier alpha value is -0.880. The quantitative estimate of drug-likeness (QED) is 0.604. The molecule has 0 radical (unpaired) electrons. The van der Waals surface area contributed by atoms with Crippen molar-refractivity contribution in [2.24, 2.45) is 5.92 Å². The van der Waals surface area contributed by atoms with Crippen molar-refractivity contribution in [1.82, 2.24) is 5.12 Å². The van der Waals surface area contributed by atoms with E-state index in [0.717, 1.165) is 0 Å². The van der Waals surface area contributed by atoms with Gasteiger partial charge in [0.1, 0.15) is 0 Å². The highest BCUT2D eigenvalue weighted by Gasteiger charge is 2.24. The van der Waals surface area contributed by atoms with Gasteiger partial charge < -0.3 is 9.84 Å². The van der Waals surface area contributed by atoms with Gasteiger partial charge in [-0.1, -0.05) is 0 Å². The molecule has 0 aromatic rings. The molecule has 0 spiro atoms. The molecule has 0 aromatic carbocycles. The van der Waals surface area contributed by atoms with Crippen LogP contribution in [0, 0.1) is 5.92 Å². The van der Waals surface area contributed by atoms with Gasteiger partial charge in [0.2, 0.25) is 0 Å². The summed E-state index contributed by atoms with van der Waals surface area (Å²) in [4.78, 5) is 19.9. The Labute approximate surface area is 98.1 Å². The minimum absolute atomic E-state index is 0.0509. The third-order valence-corrected chi connectivity index (χ3v) is 2.09. The second-order valence-corrected chi connectivity index (χ2v) is 3.53. The Morgan fingerprint density at radius 3 is 2.50 bits per heavy atom. The molecule has 1 fully saturated rings. The Morgan fingerprint density at radius 1 is 1.62 bits per heavy atom. The molecule has 7 heteroatoms. The Morgan fingerprint density at radius 2 is 2.25 bits per heavy atom. The molecule has 1 N–H and O–H groups in total. The van der Waals surface area contributed by atoms with Crippen molar-refractivity contribution in [3.05, 3.63) is 0 Å². The molecule has 0 saturated carbocycles. The summed E-state index contributed by atoms with van der Waals surface area (Å²) in [5.41, 5.74) is -0.738. The number of nitrogens with zero attached hydrogens (tertiary/aromatic N) is 1. The van der Waals surface area contributed by atoms with Crippen molar-refractivity contribution in [2.75, 3.05) is 19.7 Å². The molecule has 94 valence electrons. The number of hydrogen-bond acceptors (Lipinski definition) is 4. The van der Waals surface area contributed by atoms with Crippen LogP contribution >= 0.6 is 11.6 Å². The van der Waals surface area contributed by atoms with E-state index in [-0.39, 0.29) is 6.54 Å². The first-order valence-corrected chi connectivity index (χ1v) is 5.31. The number of carbonyl (C=O) groups excluding carboxylic acids is 1. The molecule has 5 nitrogen and oxygen atoms in total. The fourth-order valence-electron chi connectivity index (χ4n) is 1.25. The summed E-state index contributed by atoms with van der Waals surface area (Å²) in [6.07, 6.45) is 1.25. The van der Waals surface area contributed by atoms with Gasteiger partial charge in [0.15, 0.2) is 0 Å². The molecule has 1 aliphatic rings. The fraction of sp³-hybridized carbons (Fsp3) is 0.778. The first kappa shape index (κ1) is 15.1. The predicted molar refractivity (Wildman–Crippen MR) is 55.9 cm³/mol. The lowest BCUT2D eigenvalue weighted by atomic mass is 10.0. The number of carboxylic acids is 1. The number of ether oxygens (including phenoxy) is 1. The number of aliphatic carboxylic acids is 1. The summed E-state index contributed by atoms with van der Waals surface area (Å²) in [6.45, 7) is 2.47. The first-order chi connectivity index (χ1) is 7.47. The Bertz CT molecular complexity index is 240. The van der Waals surface area contributed by atoms with Crippen molar-refractivity contribution in [2.45, 2.75) is 19.8 Å². The molecular weight excluding hydrogens is 241 g/mol. The van der Waals surface area contributed by atoms with Crippen LogP contribution in [-0.2, 0) is 9.53 Å². The molecular formula is C9H15ClFNO4. The van der Waals surface area contributed by atoms with E-state index in [2.05, 4.69) is 4.74 Å². The van der Waals surface area contributed by atoms with Crippen LogP contribution in [0.15, 0.2) is 0 Å². The fourth-order valence-corrected chi connectivity index (χ4v) is 1.36. The van der Waals surface area contributed by atoms with Crippen LogP contribution in [-0.4, -0.2) is 41.3 Å². The van der Waals surface area contributed by atoms with Gasteiger partial charge in [-0.05, 0) is 19.8 Å². The lowest BCUT2D eigenvalue weighted by molar-refractivity contribution is -0.146. The van der Waals surface area contributed by atoms with Crippen molar-refractivity contribution in [3.63, 3.8) is 0 Å². The molecule has 0 aliphatic carbocycles. The van der Waals surface area contributed by atoms with Crippen molar-refractivity contribution < 1.29 is 23.9 Å². The van der Waals surface area contributed by atoms with Crippen molar-refractivity contribution in [1.29, 1.82) is 0 Å². The van der Waals surface area contributed by atoms with E-state index in [9.17, 15) is 14.1 Å². The number of rotatable bonds is 2. The van der Waals surface area contributed by atoms with Crippen molar-refractivity contribution >= 4 is 23.0 Å². The van der Waals surface area contributed by atoms with E-state index in [1.807, 2.05) is 0 Å². The average molecular weight is 256 g/mol. The molecule has 16 heavy (non-hydrogen) atoms. The van der Waals surface area contributed by atoms with Gasteiger partial charge in [0, 0.05) is 24.7 Å². The maximum atomic E-state index is 12.4. The molecule has 0 bridgehead atoms. The van der Waals surface area contributed by atoms with Gasteiger partial charge in [-0.15, -0.1) is 9.60 Å². The minimum atomic E-state index is -0.887. The topological polar surface area (TPSA) is 66.8 Å². The number of carbonyl (C=O) groups is 2.